The van der Waals surface area contributed by atoms with Crippen LogP contribution in [0.3, 0.4) is 0 Å². The predicted molar refractivity (Wildman–Crippen MR) is 54.6 cm³/mol. The maximum Gasteiger partial charge on any atom is 0.397 e. The largest absolute Gasteiger partial charge is 0.397 e. The summed E-state index contributed by atoms with van der Waals surface area (Å²) < 4.78 is 32.4. The molecule has 0 aromatic carbocycles. The van der Waals surface area contributed by atoms with Crippen molar-refractivity contribution >= 4 is 16.3 Å². The first-order valence-electron chi connectivity index (χ1n) is 4.44. The van der Waals surface area contributed by atoms with Crippen molar-refractivity contribution in [2.24, 2.45) is 0 Å². The molecule has 0 aromatic heterocycles. The minimum atomic E-state index is -4.43. The van der Waals surface area contributed by atoms with Gasteiger partial charge in [-0.15, -0.1) is 0 Å². The van der Waals surface area contributed by atoms with Gasteiger partial charge in [-0.3, -0.25) is 9.35 Å². The summed E-state index contributed by atoms with van der Waals surface area (Å²) >= 11 is 0. The standard InChI is InChI=1S/C8H15NO5S/c1-3-4-7(2)8(10)9-5-6-14-15(11,12)13/h2-6H2,1H3,(H,9,10)(H,11,12,13). The zero-order valence-electron chi connectivity index (χ0n) is 8.52. The van der Waals surface area contributed by atoms with Crippen LogP contribution >= 0.6 is 0 Å². The quantitative estimate of drug-likeness (QED) is 0.377. The lowest BCUT2D eigenvalue weighted by Gasteiger charge is -2.05. The SMILES string of the molecule is C=C(CCC)C(=O)NCCOS(=O)(=O)O. The molecule has 0 saturated carbocycles. The molecule has 0 spiro atoms. The van der Waals surface area contributed by atoms with Crippen LogP contribution in [0.1, 0.15) is 19.8 Å². The lowest BCUT2D eigenvalue weighted by Crippen LogP contribution is -2.28. The van der Waals surface area contributed by atoms with Crippen molar-refractivity contribution in [2.45, 2.75) is 19.8 Å². The number of carbonyl (C=O) groups is 1. The van der Waals surface area contributed by atoms with Gasteiger partial charge in [-0.2, -0.15) is 8.42 Å². The molecule has 1 amide bonds. The van der Waals surface area contributed by atoms with Crippen LogP contribution in [-0.4, -0.2) is 32.0 Å². The molecular formula is C8H15NO5S. The summed E-state index contributed by atoms with van der Waals surface area (Å²) in [6.45, 7) is 5.17. The Morgan fingerprint density at radius 3 is 2.60 bits per heavy atom. The second-order valence-corrected chi connectivity index (χ2v) is 3.95. The Labute approximate surface area is 89.3 Å². The first-order chi connectivity index (χ1) is 6.87. The summed E-state index contributed by atoms with van der Waals surface area (Å²) in [5.41, 5.74) is 0.435. The maximum atomic E-state index is 11.2. The van der Waals surface area contributed by atoms with E-state index in [1.807, 2.05) is 6.92 Å². The molecule has 0 aliphatic heterocycles. The summed E-state index contributed by atoms with van der Waals surface area (Å²) in [6.07, 6.45) is 1.40. The minimum Gasteiger partial charge on any atom is -0.350 e. The van der Waals surface area contributed by atoms with E-state index in [0.29, 0.717) is 12.0 Å². The summed E-state index contributed by atoms with van der Waals surface area (Å²) in [4.78, 5) is 11.2. The lowest BCUT2D eigenvalue weighted by molar-refractivity contribution is -0.117. The van der Waals surface area contributed by atoms with Crippen molar-refractivity contribution in [3.63, 3.8) is 0 Å². The number of amides is 1. The van der Waals surface area contributed by atoms with Gasteiger partial charge in [0, 0.05) is 12.1 Å². The number of hydrogen-bond donors (Lipinski definition) is 2. The molecule has 88 valence electrons. The van der Waals surface area contributed by atoms with Crippen molar-refractivity contribution < 1.29 is 21.9 Å². The van der Waals surface area contributed by atoms with Gasteiger partial charge in [0.1, 0.15) is 0 Å². The fraction of sp³-hybridized carbons (Fsp3) is 0.625. The fourth-order valence-corrected chi connectivity index (χ4v) is 1.15. The normalized spacial score (nSPS) is 11.1. The van der Waals surface area contributed by atoms with Crippen molar-refractivity contribution in [1.29, 1.82) is 0 Å². The van der Waals surface area contributed by atoms with Gasteiger partial charge in [-0.05, 0) is 6.42 Å². The van der Waals surface area contributed by atoms with Gasteiger partial charge in [0.05, 0.1) is 6.61 Å². The van der Waals surface area contributed by atoms with Crippen LogP contribution in [0.15, 0.2) is 12.2 Å². The first kappa shape index (κ1) is 14.1. The monoisotopic (exact) mass is 237 g/mol. The highest BCUT2D eigenvalue weighted by atomic mass is 32.3. The van der Waals surface area contributed by atoms with E-state index in [9.17, 15) is 13.2 Å². The smallest absolute Gasteiger partial charge is 0.350 e. The van der Waals surface area contributed by atoms with Crippen LogP contribution in [0.2, 0.25) is 0 Å². The molecule has 0 aliphatic carbocycles. The Hall–Kier alpha value is -0.920. The van der Waals surface area contributed by atoms with Gasteiger partial charge >= 0.3 is 10.4 Å². The van der Waals surface area contributed by atoms with E-state index in [4.69, 9.17) is 4.55 Å². The van der Waals surface area contributed by atoms with E-state index in [0.717, 1.165) is 6.42 Å². The number of rotatable bonds is 7. The third kappa shape index (κ3) is 8.10. The molecule has 6 nitrogen and oxygen atoms in total. The molecule has 15 heavy (non-hydrogen) atoms. The highest BCUT2D eigenvalue weighted by Crippen LogP contribution is 2.00. The van der Waals surface area contributed by atoms with E-state index in [2.05, 4.69) is 16.1 Å². The van der Waals surface area contributed by atoms with Gasteiger partial charge in [0.15, 0.2) is 0 Å². The molecule has 0 bridgehead atoms. The van der Waals surface area contributed by atoms with E-state index in [1.54, 1.807) is 0 Å². The Kier molecular flexibility index (Phi) is 6.14. The van der Waals surface area contributed by atoms with Gasteiger partial charge in [-0.1, -0.05) is 19.9 Å². The molecule has 0 unspecified atom stereocenters. The molecule has 7 heteroatoms. The third-order valence-corrected chi connectivity index (χ3v) is 1.96. The first-order valence-corrected chi connectivity index (χ1v) is 5.81. The number of nitrogens with one attached hydrogen (secondary N) is 1. The van der Waals surface area contributed by atoms with Crippen molar-refractivity contribution in [1.82, 2.24) is 5.32 Å². The molecule has 0 fully saturated rings. The van der Waals surface area contributed by atoms with Gasteiger partial charge < -0.3 is 5.32 Å². The van der Waals surface area contributed by atoms with Crippen molar-refractivity contribution in [3.8, 4) is 0 Å². The highest BCUT2D eigenvalue weighted by Gasteiger charge is 2.07. The average molecular weight is 237 g/mol. The van der Waals surface area contributed by atoms with Gasteiger partial charge in [0.2, 0.25) is 5.91 Å². The highest BCUT2D eigenvalue weighted by molar-refractivity contribution is 7.80. The number of carbonyl (C=O) groups excluding carboxylic acids is 1. The van der Waals surface area contributed by atoms with Gasteiger partial charge in [-0.25, -0.2) is 4.18 Å². The van der Waals surface area contributed by atoms with Crippen LogP contribution < -0.4 is 5.32 Å². The summed E-state index contributed by atoms with van der Waals surface area (Å²) in [7, 11) is -4.43. The van der Waals surface area contributed by atoms with E-state index in [-0.39, 0.29) is 19.1 Å². The second-order valence-electron chi connectivity index (χ2n) is 2.86. The molecule has 0 heterocycles. The Morgan fingerprint density at radius 2 is 2.13 bits per heavy atom. The average Bonchev–Trinajstić information content (AvgIpc) is 2.11. The molecule has 0 atom stereocenters. The minimum absolute atomic E-state index is 0.00135. The Morgan fingerprint density at radius 1 is 1.53 bits per heavy atom. The van der Waals surface area contributed by atoms with Crippen molar-refractivity contribution in [3.05, 3.63) is 12.2 Å². The van der Waals surface area contributed by atoms with E-state index >= 15 is 0 Å². The molecule has 2 N–H and O–H groups in total. The van der Waals surface area contributed by atoms with Crippen LogP contribution in [-0.2, 0) is 19.4 Å². The Balaban J connectivity index is 3.69. The molecular weight excluding hydrogens is 222 g/mol. The Bertz CT molecular complexity index is 322. The topological polar surface area (TPSA) is 92.7 Å². The van der Waals surface area contributed by atoms with Gasteiger partial charge in [0.25, 0.3) is 0 Å². The molecule has 0 aromatic rings. The predicted octanol–water partition coefficient (Wildman–Crippen LogP) is 0.278. The summed E-state index contributed by atoms with van der Waals surface area (Å²) in [5.74, 6) is -0.337. The van der Waals surface area contributed by atoms with Crippen molar-refractivity contribution in [2.75, 3.05) is 13.2 Å². The molecule has 0 aliphatic rings. The lowest BCUT2D eigenvalue weighted by atomic mass is 10.2. The zero-order valence-corrected chi connectivity index (χ0v) is 9.34. The van der Waals surface area contributed by atoms with E-state index in [1.165, 1.54) is 0 Å². The second kappa shape index (κ2) is 6.54. The summed E-state index contributed by atoms with van der Waals surface area (Å²) in [6, 6.07) is 0. The van der Waals surface area contributed by atoms with Crippen LogP contribution in [0.5, 0.6) is 0 Å². The van der Waals surface area contributed by atoms with E-state index < -0.39 is 10.4 Å². The van der Waals surface area contributed by atoms with Crippen LogP contribution in [0.4, 0.5) is 0 Å². The molecule has 0 saturated heterocycles. The molecule has 0 rings (SSSR count). The maximum absolute atomic E-state index is 11.2. The summed E-state index contributed by atoms with van der Waals surface area (Å²) in [5, 5.41) is 2.40. The zero-order chi connectivity index (χ0) is 11.9. The third-order valence-electron chi connectivity index (χ3n) is 1.49. The molecule has 0 radical (unpaired) electrons. The number of hydrogen-bond acceptors (Lipinski definition) is 4. The van der Waals surface area contributed by atoms with Crippen LogP contribution in [0.25, 0.3) is 0 Å². The van der Waals surface area contributed by atoms with Crippen LogP contribution in [0, 0.1) is 0 Å². The fourth-order valence-electron chi connectivity index (χ4n) is 0.852.